The summed E-state index contributed by atoms with van der Waals surface area (Å²) < 4.78 is 33.0. The van der Waals surface area contributed by atoms with Crippen LogP contribution in [0.4, 0.5) is 0 Å². The Balaban J connectivity index is 1.67. The molecule has 7 nitrogen and oxygen atoms in total. The van der Waals surface area contributed by atoms with Crippen molar-refractivity contribution < 1.29 is 28.6 Å². The van der Waals surface area contributed by atoms with Gasteiger partial charge in [0.25, 0.3) is 0 Å². The smallest absolute Gasteiger partial charge is 0.193 e. The van der Waals surface area contributed by atoms with E-state index in [4.69, 9.17) is 23.4 Å². The van der Waals surface area contributed by atoms with Gasteiger partial charge < -0.3 is 28.6 Å². The third-order valence-corrected chi connectivity index (χ3v) is 14.2. The summed E-state index contributed by atoms with van der Waals surface area (Å²) in [5.41, 5.74) is 1.39. The van der Waals surface area contributed by atoms with Gasteiger partial charge in [-0.2, -0.15) is 0 Å². The molecule has 1 heterocycles. The van der Waals surface area contributed by atoms with Gasteiger partial charge in [-0.15, -0.1) is 5.16 Å². The third kappa shape index (κ3) is 5.90. The molecule has 2 fully saturated rings. The van der Waals surface area contributed by atoms with Crippen molar-refractivity contribution in [2.45, 2.75) is 82.5 Å². The average molecular weight is 630 g/mol. The largest absolute Gasteiger partial charge is 0.497 e. The molecule has 0 bridgehead atoms. The second-order valence-electron chi connectivity index (χ2n) is 14.1. The Morgan fingerprint density at radius 2 is 1.42 bits per heavy atom. The molecule has 2 aliphatic rings. The first-order valence-corrected chi connectivity index (χ1v) is 18.4. The zero-order chi connectivity index (χ0) is 32.7. The van der Waals surface area contributed by atoms with E-state index in [0.29, 0.717) is 5.57 Å². The summed E-state index contributed by atoms with van der Waals surface area (Å²) in [6.07, 6.45) is -0.0115. The van der Waals surface area contributed by atoms with Crippen LogP contribution in [0.15, 0.2) is 102 Å². The quantitative estimate of drug-likeness (QED) is 0.0613. The van der Waals surface area contributed by atoms with Crippen LogP contribution < -0.4 is 4.74 Å². The lowest BCUT2D eigenvalue weighted by atomic mass is 9.78. The molecule has 0 radical (unpaired) electrons. The highest BCUT2D eigenvalue weighted by atomic mass is 28.4. The number of hydrogen-bond acceptors (Lipinski definition) is 7. The van der Waals surface area contributed by atoms with E-state index >= 15 is 0 Å². The lowest BCUT2D eigenvalue weighted by Gasteiger charge is -2.42. The molecule has 240 valence electrons. The minimum Gasteiger partial charge on any atom is -0.497 e. The monoisotopic (exact) mass is 629 g/mol. The van der Waals surface area contributed by atoms with Crippen LogP contribution in [0.2, 0.25) is 18.1 Å². The number of benzene rings is 3. The predicted octanol–water partition coefficient (Wildman–Crippen LogP) is 7.93. The molecule has 0 aromatic heterocycles. The first-order valence-electron chi connectivity index (χ1n) is 15.5. The van der Waals surface area contributed by atoms with E-state index in [1.165, 1.54) is 6.21 Å². The van der Waals surface area contributed by atoms with Crippen molar-refractivity contribution in [2.24, 2.45) is 10.6 Å². The van der Waals surface area contributed by atoms with Crippen molar-refractivity contribution in [3.05, 3.63) is 114 Å². The minimum atomic E-state index is -2.29. The molecule has 1 aliphatic heterocycles. The van der Waals surface area contributed by atoms with Crippen LogP contribution in [0.5, 0.6) is 5.75 Å². The maximum absolute atomic E-state index is 10.2. The zero-order valence-electron chi connectivity index (χ0n) is 27.7. The molecule has 1 N–H and O–H groups in total. The SMILES string of the molecule is C=C1C(O[Si](C)(C)C(C)(C)C)C2OC(C)(C)OC2C1(/C=N/O)COC(c1ccccc1)(c1ccccc1)c1ccc(OC)cc1. The topological polar surface area (TPSA) is 78.7 Å². The van der Waals surface area contributed by atoms with Crippen molar-refractivity contribution in [1.29, 1.82) is 0 Å². The summed E-state index contributed by atoms with van der Waals surface area (Å²) in [7, 11) is -0.633. The highest BCUT2D eigenvalue weighted by Crippen LogP contribution is 2.55. The number of fused-ring (bicyclic) bond motifs is 1. The van der Waals surface area contributed by atoms with Gasteiger partial charge in [-0.3, -0.25) is 0 Å². The molecule has 3 aromatic carbocycles. The van der Waals surface area contributed by atoms with E-state index in [1.54, 1.807) is 7.11 Å². The molecule has 8 heteroatoms. The Morgan fingerprint density at radius 1 is 0.889 bits per heavy atom. The molecule has 3 aromatic rings. The van der Waals surface area contributed by atoms with Crippen molar-refractivity contribution in [3.8, 4) is 5.75 Å². The number of nitrogens with zero attached hydrogens (tertiary/aromatic N) is 1. The first kappa shape index (κ1) is 33.1. The van der Waals surface area contributed by atoms with Crippen molar-refractivity contribution in [2.75, 3.05) is 13.7 Å². The molecule has 4 unspecified atom stereocenters. The van der Waals surface area contributed by atoms with Crippen molar-refractivity contribution in [3.63, 3.8) is 0 Å². The van der Waals surface area contributed by atoms with Gasteiger partial charge in [0.1, 0.15) is 23.6 Å². The number of ether oxygens (including phenoxy) is 4. The van der Waals surface area contributed by atoms with Gasteiger partial charge in [0.15, 0.2) is 14.1 Å². The molecule has 0 spiro atoms. The Hall–Kier alpha value is -3.27. The second kappa shape index (κ2) is 12.2. The van der Waals surface area contributed by atoms with Crippen LogP contribution >= 0.6 is 0 Å². The van der Waals surface area contributed by atoms with Crippen molar-refractivity contribution >= 4 is 14.5 Å². The minimum absolute atomic E-state index is 0.0469. The molecule has 5 rings (SSSR count). The molecular weight excluding hydrogens is 582 g/mol. The van der Waals surface area contributed by atoms with Gasteiger partial charge >= 0.3 is 0 Å². The lowest BCUT2D eigenvalue weighted by Crippen LogP contribution is -2.47. The van der Waals surface area contributed by atoms with Gasteiger partial charge in [0, 0.05) is 0 Å². The van der Waals surface area contributed by atoms with Gasteiger partial charge in [-0.1, -0.05) is 100 Å². The van der Waals surface area contributed by atoms with E-state index in [-0.39, 0.29) is 11.6 Å². The molecule has 1 aliphatic carbocycles. The fourth-order valence-electron chi connectivity index (χ4n) is 6.31. The zero-order valence-corrected chi connectivity index (χ0v) is 28.7. The maximum Gasteiger partial charge on any atom is 0.193 e. The molecular formula is C37H47NO6Si. The fourth-order valence-corrected chi connectivity index (χ4v) is 7.57. The highest BCUT2D eigenvalue weighted by molar-refractivity contribution is 6.74. The maximum atomic E-state index is 10.2. The van der Waals surface area contributed by atoms with Crippen molar-refractivity contribution in [1.82, 2.24) is 0 Å². The van der Waals surface area contributed by atoms with E-state index < -0.39 is 43.4 Å². The number of methoxy groups -OCH3 is 1. The third-order valence-electron chi connectivity index (χ3n) is 9.78. The number of oxime groups is 1. The highest BCUT2D eigenvalue weighted by Gasteiger charge is 2.65. The molecule has 45 heavy (non-hydrogen) atoms. The molecule has 4 atom stereocenters. The summed E-state index contributed by atoms with van der Waals surface area (Å²) in [5.74, 6) is -0.139. The Kier molecular flexibility index (Phi) is 8.94. The Bertz CT molecular complexity index is 1460. The molecule has 1 saturated carbocycles. The van der Waals surface area contributed by atoms with Crippen LogP contribution in [-0.4, -0.2) is 57.6 Å². The summed E-state index contributed by atoms with van der Waals surface area (Å²) in [6.45, 7) is 19.5. The van der Waals surface area contributed by atoms with Crippen LogP contribution in [0.3, 0.4) is 0 Å². The van der Waals surface area contributed by atoms with Crippen LogP contribution in [-0.2, 0) is 24.2 Å². The van der Waals surface area contributed by atoms with Crippen LogP contribution in [0.1, 0.15) is 51.3 Å². The van der Waals surface area contributed by atoms with Crippen LogP contribution in [0, 0.1) is 5.41 Å². The average Bonchev–Trinajstić information content (AvgIpc) is 3.43. The van der Waals surface area contributed by atoms with Crippen LogP contribution in [0.25, 0.3) is 0 Å². The Morgan fingerprint density at radius 3 is 1.91 bits per heavy atom. The normalized spacial score (nSPS) is 25.1. The van der Waals surface area contributed by atoms with E-state index in [1.807, 2.05) is 74.5 Å². The fraction of sp³-hybridized carbons (Fsp3) is 0.432. The van der Waals surface area contributed by atoms with Gasteiger partial charge in [0.2, 0.25) is 0 Å². The lowest BCUT2D eigenvalue weighted by molar-refractivity contribution is -0.166. The molecule has 1 saturated heterocycles. The second-order valence-corrected chi connectivity index (χ2v) is 18.8. The standard InChI is InChI=1S/C37H47NO6Si/c1-26-31(44-45(8,9)34(2,3)4)32-33(43-35(5,6)42-32)36(26,24-38-39)25-41-37(27-16-12-10-13-17-27,28-18-14-11-15-19-28)29-20-22-30(40-7)23-21-29/h10-24,31-33,39H,1,25H2,2-9H3/b38-24+. The van der Waals surface area contributed by atoms with Gasteiger partial charge in [-0.25, -0.2) is 0 Å². The summed E-state index contributed by atoms with van der Waals surface area (Å²) >= 11 is 0. The number of hydrogen-bond donors (Lipinski definition) is 1. The summed E-state index contributed by atoms with van der Waals surface area (Å²) in [4.78, 5) is 0. The van der Waals surface area contributed by atoms with Gasteiger partial charge in [-0.05, 0) is 66.4 Å². The first-order chi connectivity index (χ1) is 21.2. The van der Waals surface area contributed by atoms with E-state index in [0.717, 1.165) is 22.4 Å². The van der Waals surface area contributed by atoms with E-state index in [9.17, 15) is 5.21 Å². The summed E-state index contributed by atoms with van der Waals surface area (Å²) in [5, 5.41) is 13.7. The summed E-state index contributed by atoms with van der Waals surface area (Å²) in [6, 6.07) is 28.2. The Labute approximate surface area is 268 Å². The van der Waals surface area contributed by atoms with Gasteiger partial charge in [0.05, 0.1) is 31.5 Å². The molecule has 0 amide bonds. The predicted molar refractivity (Wildman–Crippen MR) is 179 cm³/mol. The van der Waals surface area contributed by atoms with E-state index in [2.05, 4.69) is 69.9 Å². The number of rotatable bonds is 10.